The third kappa shape index (κ3) is 7.05. The maximum absolute atomic E-state index is 12.7. The standard InChI is InChI=1S/C19H23N3O3S.2ClH/c1-26(24,25)21-18-4-2-16(3-5-18)19(23)17-8-12-22(13-9-17)14-15-6-10-20-11-7-15;;/h2-7,10-11,17,21H,8-9,12-14H2,1H3;2*1H. The van der Waals surface area contributed by atoms with Crippen LogP contribution in [0.4, 0.5) is 5.69 Å². The van der Waals surface area contributed by atoms with Gasteiger partial charge in [-0.2, -0.15) is 0 Å². The number of aromatic nitrogens is 1. The van der Waals surface area contributed by atoms with Gasteiger partial charge in [0.05, 0.1) is 6.26 Å². The van der Waals surface area contributed by atoms with Gasteiger partial charge in [-0.05, 0) is 67.9 Å². The molecule has 9 heteroatoms. The normalized spacial score (nSPS) is 15.2. The molecular formula is C19H25Cl2N3O3S. The molecule has 1 aromatic heterocycles. The first-order valence-corrected chi connectivity index (χ1v) is 10.5. The number of ketones is 1. The van der Waals surface area contributed by atoms with Crippen molar-refractivity contribution in [3.05, 3.63) is 59.9 Å². The zero-order valence-electron chi connectivity index (χ0n) is 15.6. The molecule has 0 bridgehead atoms. The fourth-order valence-corrected chi connectivity index (χ4v) is 3.82. The average molecular weight is 446 g/mol. The van der Waals surface area contributed by atoms with E-state index in [4.69, 9.17) is 0 Å². The van der Waals surface area contributed by atoms with Crippen LogP contribution in [0.3, 0.4) is 0 Å². The Kier molecular flexibility index (Phi) is 9.36. The van der Waals surface area contributed by atoms with Crippen molar-refractivity contribution in [3.8, 4) is 0 Å². The van der Waals surface area contributed by atoms with E-state index in [2.05, 4.69) is 14.6 Å². The summed E-state index contributed by atoms with van der Waals surface area (Å²) >= 11 is 0. The van der Waals surface area contributed by atoms with Crippen LogP contribution in [0.25, 0.3) is 0 Å². The van der Waals surface area contributed by atoms with E-state index in [0.29, 0.717) is 11.3 Å². The molecule has 1 aromatic carbocycles. The van der Waals surface area contributed by atoms with E-state index < -0.39 is 10.0 Å². The second kappa shape index (κ2) is 10.8. The van der Waals surface area contributed by atoms with Crippen molar-refractivity contribution in [1.29, 1.82) is 0 Å². The van der Waals surface area contributed by atoms with Crippen LogP contribution in [-0.2, 0) is 16.6 Å². The number of carbonyl (C=O) groups excluding carboxylic acids is 1. The van der Waals surface area contributed by atoms with Crippen molar-refractivity contribution in [2.24, 2.45) is 5.92 Å². The minimum Gasteiger partial charge on any atom is -0.299 e. The van der Waals surface area contributed by atoms with E-state index in [1.165, 1.54) is 5.56 Å². The number of carbonyl (C=O) groups is 1. The summed E-state index contributed by atoms with van der Waals surface area (Å²) < 4.78 is 24.9. The molecule has 1 aliphatic rings. The molecule has 0 amide bonds. The molecule has 1 aliphatic heterocycles. The van der Waals surface area contributed by atoms with E-state index in [1.54, 1.807) is 36.7 Å². The fourth-order valence-electron chi connectivity index (χ4n) is 3.25. The van der Waals surface area contributed by atoms with Crippen molar-refractivity contribution in [1.82, 2.24) is 9.88 Å². The Morgan fingerprint density at radius 2 is 1.64 bits per heavy atom. The van der Waals surface area contributed by atoms with E-state index in [0.717, 1.165) is 38.7 Å². The third-order valence-corrected chi connectivity index (χ3v) is 5.19. The van der Waals surface area contributed by atoms with E-state index in [9.17, 15) is 13.2 Å². The van der Waals surface area contributed by atoms with Crippen molar-refractivity contribution in [2.45, 2.75) is 19.4 Å². The maximum Gasteiger partial charge on any atom is 0.229 e. The number of piperidine rings is 1. The number of anilines is 1. The quantitative estimate of drug-likeness (QED) is 0.689. The zero-order chi connectivity index (χ0) is 18.6. The Morgan fingerprint density at radius 3 is 2.18 bits per heavy atom. The molecule has 1 fully saturated rings. The Morgan fingerprint density at radius 1 is 1.07 bits per heavy atom. The number of benzene rings is 1. The lowest BCUT2D eigenvalue weighted by Crippen LogP contribution is -2.35. The first kappa shape index (κ1) is 24.4. The van der Waals surface area contributed by atoms with Gasteiger partial charge >= 0.3 is 0 Å². The number of nitrogens with one attached hydrogen (secondary N) is 1. The average Bonchev–Trinajstić information content (AvgIpc) is 2.62. The fraction of sp³-hybridized carbons (Fsp3) is 0.368. The van der Waals surface area contributed by atoms with Crippen molar-refractivity contribution in [2.75, 3.05) is 24.1 Å². The lowest BCUT2D eigenvalue weighted by molar-refractivity contribution is 0.0835. The molecule has 0 saturated carbocycles. The number of halogens is 2. The van der Waals surface area contributed by atoms with Crippen LogP contribution in [0.5, 0.6) is 0 Å². The van der Waals surface area contributed by atoms with Crippen LogP contribution in [0, 0.1) is 5.92 Å². The van der Waals surface area contributed by atoms with Crippen LogP contribution in [0.15, 0.2) is 48.8 Å². The molecule has 154 valence electrons. The number of Topliss-reactive ketones (excluding diaryl/α,β-unsaturated/α-hetero) is 1. The summed E-state index contributed by atoms with van der Waals surface area (Å²) in [5, 5.41) is 0. The van der Waals surface area contributed by atoms with Crippen LogP contribution >= 0.6 is 24.8 Å². The van der Waals surface area contributed by atoms with Crippen molar-refractivity contribution in [3.63, 3.8) is 0 Å². The summed E-state index contributed by atoms with van der Waals surface area (Å²) in [5.41, 5.74) is 2.34. The van der Waals surface area contributed by atoms with E-state index in [1.807, 2.05) is 12.1 Å². The number of rotatable bonds is 6. The van der Waals surface area contributed by atoms with Crippen LogP contribution in [0.2, 0.25) is 0 Å². The Labute approximate surface area is 178 Å². The van der Waals surface area contributed by atoms with Gasteiger partial charge in [0.2, 0.25) is 10.0 Å². The highest BCUT2D eigenvalue weighted by Gasteiger charge is 2.25. The van der Waals surface area contributed by atoms with Gasteiger partial charge in [0.15, 0.2) is 5.78 Å². The predicted octanol–water partition coefficient (Wildman–Crippen LogP) is 3.39. The second-order valence-electron chi connectivity index (χ2n) is 6.72. The van der Waals surface area contributed by atoms with Gasteiger partial charge in [-0.3, -0.25) is 19.4 Å². The summed E-state index contributed by atoms with van der Waals surface area (Å²) in [6.45, 7) is 2.67. The van der Waals surface area contributed by atoms with Gasteiger partial charge in [-0.1, -0.05) is 0 Å². The molecule has 0 atom stereocenters. The Bertz CT molecular complexity index is 854. The summed E-state index contributed by atoms with van der Waals surface area (Å²) in [6.07, 6.45) is 6.38. The van der Waals surface area contributed by atoms with Gasteiger partial charge in [-0.25, -0.2) is 8.42 Å². The number of nitrogens with zero attached hydrogens (tertiary/aromatic N) is 2. The highest BCUT2D eigenvalue weighted by atomic mass is 35.5. The molecule has 0 aliphatic carbocycles. The van der Waals surface area contributed by atoms with Gasteiger partial charge in [0, 0.05) is 36.1 Å². The topological polar surface area (TPSA) is 79.4 Å². The van der Waals surface area contributed by atoms with Crippen LogP contribution in [0.1, 0.15) is 28.8 Å². The van der Waals surface area contributed by atoms with E-state index >= 15 is 0 Å². The number of sulfonamides is 1. The molecule has 2 aromatic rings. The summed E-state index contributed by atoms with van der Waals surface area (Å²) in [5.74, 6) is 0.164. The van der Waals surface area contributed by atoms with Gasteiger partial charge in [0.25, 0.3) is 0 Å². The third-order valence-electron chi connectivity index (χ3n) is 4.59. The second-order valence-corrected chi connectivity index (χ2v) is 8.47. The summed E-state index contributed by atoms with van der Waals surface area (Å²) in [4.78, 5) is 19.1. The number of likely N-dealkylation sites (tertiary alicyclic amines) is 1. The Hall–Kier alpha value is -1.67. The number of pyridine rings is 1. The summed E-state index contributed by atoms with van der Waals surface area (Å²) in [6, 6.07) is 10.7. The van der Waals surface area contributed by atoms with Crippen LogP contribution in [-0.4, -0.2) is 43.4 Å². The smallest absolute Gasteiger partial charge is 0.229 e. The van der Waals surface area contributed by atoms with Gasteiger partial charge < -0.3 is 0 Å². The van der Waals surface area contributed by atoms with Crippen molar-refractivity contribution < 1.29 is 13.2 Å². The number of hydrogen-bond acceptors (Lipinski definition) is 5. The first-order chi connectivity index (χ1) is 12.4. The molecule has 2 heterocycles. The zero-order valence-corrected chi connectivity index (χ0v) is 18.0. The highest BCUT2D eigenvalue weighted by molar-refractivity contribution is 7.92. The minimum absolute atomic E-state index is 0. The lowest BCUT2D eigenvalue weighted by atomic mass is 9.88. The summed E-state index contributed by atoms with van der Waals surface area (Å²) in [7, 11) is -3.31. The minimum atomic E-state index is -3.31. The Balaban J connectivity index is 0.00000196. The molecule has 1 N–H and O–H groups in total. The first-order valence-electron chi connectivity index (χ1n) is 8.64. The van der Waals surface area contributed by atoms with Crippen molar-refractivity contribution >= 4 is 46.3 Å². The SMILES string of the molecule is CS(=O)(=O)Nc1ccc(C(=O)C2CCN(Cc3ccncc3)CC2)cc1.Cl.Cl. The maximum atomic E-state index is 12.7. The van der Waals surface area contributed by atoms with E-state index in [-0.39, 0.29) is 36.5 Å². The monoisotopic (exact) mass is 445 g/mol. The molecule has 3 rings (SSSR count). The molecule has 6 nitrogen and oxygen atoms in total. The van der Waals surface area contributed by atoms with Gasteiger partial charge in [0.1, 0.15) is 0 Å². The molecule has 1 saturated heterocycles. The molecule has 0 radical (unpaired) electrons. The molecule has 28 heavy (non-hydrogen) atoms. The molecule has 0 unspecified atom stereocenters. The molecule has 0 spiro atoms. The number of hydrogen-bond donors (Lipinski definition) is 1. The van der Waals surface area contributed by atoms with Crippen LogP contribution < -0.4 is 4.72 Å². The highest BCUT2D eigenvalue weighted by Crippen LogP contribution is 2.23. The predicted molar refractivity (Wildman–Crippen MR) is 116 cm³/mol. The largest absolute Gasteiger partial charge is 0.299 e. The lowest BCUT2D eigenvalue weighted by Gasteiger charge is -2.31. The molecular weight excluding hydrogens is 421 g/mol. The van der Waals surface area contributed by atoms with Gasteiger partial charge in [-0.15, -0.1) is 24.8 Å².